The Labute approximate surface area is 151 Å². The van der Waals surface area contributed by atoms with Crippen molar-refractivity contribution in [3.8, 4) is 0 Å². The van der Waals surface area contributed by atoms with Crippen LogP contribution in [0, 0.1) is 6.92 Å². The molecule has 1 fully saturated rings. The van der Waals surface area contributed by atoms with Crippen LogP contribution in [0.1, 0.15) is 54.4 Å². The maximum atomic E-state index is 4.86. The van der Waals surface area contributed by atoms with Crippen molar-refractivity contribution in [3.05, 3.63) is 28.1 Å². The molecule has 6 nitrogen and oxygen atoms in total. The molecule has 3 aromatic rings. The Morgan fingerprint density at radius 1 is 1.28 bits per heavy atom. The Kier molecular flexibility index (Phi) is 4.65. The zero-order valence-corrected chi connectivity index (χ0v) is 15.6. The van der Waals surface area contributed by atoms with E-state index >= 15 is 0 Å². The number of nitrogens with one attached hydrogen (secondary N) is 1. The van der Waals surface area contributed by atoms with E-state index in [9.17, 15) is 0 Å². The molecule has 0 unspecified atom stereocenters. The van der Waals surface area contributed by atoms with E-state index < -0.39 is 0 Å². The van der Waals surface area contributed by atoms with Crippen LogP contribution in [0.25, 0.3) is 11.0 Å². The van der Waals surface area contributed by atoms with Gasteiger partial charge in [-0.3, -0.25) is 4.68 Å². The van der Waals surface area contributed by atoms with E-state index in [1.165, 1.54) is 30.6 Å². The highest BCUT2D eigenvalue weighted by molar-refractivity contribution is 7.09. The summed E-state index contributed by atoms with van der Waals surface area (Å²) in [5.41, 5.74) is 4.01. The number of fused-ring (bicyclic) bond motifs is 1. The average molecular weight is 356 g/mol. The molecule has 3 aromatic heterocycles. The zero-order chi connectivity index (χ0) is 17.2. The molecule has 1 N–H and O–H groups in total. The summed E-state index contributed by atoms with van der Waals surface area (Å²) in [6.07, 6.45) is 8.96. The van der Waals surface area contributed by atoms with Gasteiger partial charge < -0.3 is 5.32 Å². The predicted molar refractivity (Wildman–Crippen MR) is 101 cm³/mol. The second kappa shape index (κ2) is 7.07. The summed E-state index contributed by atoms with van der Waals surface area (Å²) < 4.78 is 1.85. The molecule has 0 spiro atoms. The molecule has 0 atom stereocenters. The third-order valence-electron chi connectivity index (χ3n) is 5.05. The second-order valence-electron chi connectivity index (χ2n) is 6.81. The molecular weight excluding hydrogens is 332 g/mol. The molecular formula is C18H24N6S. The Hall–Kier alpha value is -2.02. The molecule has 7 heteroatoms. The third-order valence-corrected chi connectivity index (χ3v) is 6.04. The fourth-order valence-electron chi connectivity index (χ4n) is 3.56. The predicted octanol–water partition coefficient (Wildman–Crippen LogP) is 3.83. The number of thiazole rings is 1. The van der Waals surface area contributed by atoms with Crippen LogP contribution < -0.4 is 5.32 Å². The molecule has 1 saturated carbocycles. The minimum Gasteiger partial charge on any atom is -0.369 e. The quantitative estimate of drug-likeness (QED) is 0.680. The van der Waals surface area contributed by atoms with Gasteiger partial charge in [-0.25, -0.2) is 15.0 Å². The molecule has 0 saturated heterocycles. The van der Waals surface area contributed by atoms with E-state index in [1.54, 1.807) is 11.3 Å². The number of nitrogens with zero attached hydrogens (tertiary/aromatic N) is 5. The molecule has 132 valence electrons. The Morgan fingerprint density at radius 2 is 2.12 bits per heavy atom. The lowest BCUT2D eigenvalue weighted by molar-refractivity contribution is 0.667. The van der Waals surface area contributed by atoms with Crippen molar-refractivity contribution in [2.45, 2.75) is 51.4 Å². The van der Waals surface area contributed by atoms with Crippen molar-refractivity contribution < 1.29 is 0 Å². The van der Waals surface area contributed by atoms with Crippen LogP contribution >= 0.6 is 11.3 Å². The van der Waals surface area contributed by atoms with E-state index in [0.717, 1.165) is 47.8 Å². The van der Waals surface area contributed by atoms with Gasteiger partial charge in [0, 0.05) is 24.4 Å². The summed E-state index contributed by atoms with van der Waals surface area (Å²) in [4.78, 5) is 15.4. The monoisotopic (exact) mass is 356 g/mol. The highest BCUT2D eigenvalue weighted by Crippen LogP contribution is 2.34. The van der Waals surface area contributed by atoms with E-state index in [-0.39, 0.29) is 0 Å². The van der Waals surface area contributed by atoms with Crippen LogP contribution in [-0.4, -0.2) is 31.3 Å². The lowest BCUT2D eigenvalue weighted by Crippen LogP contribution is -2.09. The molecule has 0 amide bonds. The maximum absolute atomic E-state index is 4.86. The average Bonchev–Trinajstić information content (AvgIpc) is 3.34. The van der Waals surface area contributed by atoms with Gasteiger partial charge in [0.05, 0.1) is 22.8 Å². The summed E-state index contributed by atoms with van der Waals surface area (Å²) in [5.74, 6) is 2.41. The largest absolute Gasteiger partial charge is 0.369 e. The minimum atomic E-state index is 0.500. The van der Waals surface area contributed by atoms with Crippen molar-refractivity contribution >= 4 is 28.2 Å². The number of rotatable bonds is 6. The summed E-state index contributed by atoms with van der Waals surface area (Å²) in [6, 6.07) is 0. The summed E-state index contributed by atoms with van der Waals surface area (Å²) in [6.45, 7) is 2.97. The van der Waals surface area contributed by atoms with Gasteiger partial charge in [-0.1, -0.05) is 12.8 Å². The van der Waals surface area contributed by atoms with Crippen LogP contribution in [-0.2, 0) is 13.5 Å². The Balaban J connectivity index is 1.50. The van der Waals surface area contributed by atoms with Gasteiger partial charge >= 0.3 is 0 Å². The van der Waals surface area contributed by atoms with Crippen molar-refractivity contribution in [2.75, 3.05) is 11.9 Å². The number of hydrogen-bond acceptors (Lipinski definition) is 6. The minimum absolute atomic E-state index is 0.500. The molecule has 4 rings (SSSR count). The smallest absolute Gasteiger partial charge is 0.163 e. The van der Waals surface area contributed by atoms with Crippen LogP contribution in [0.2, 0.25) is 0 Å². The van der Waals surface area contributed by atoms with Crippen molar-refractivity contribution in [1.82, 2.24) is 24.7 Å². The number of hydrogen-bond donors (Lipinski definition) is 1. The van der Waals surface area contributed by atoms with Crippen molar-refractivity contribution in [2.24, 2.45) is 7.05 Å². The van der Waals surface area contributed by atoms with Gasteiger partial charge in [0.25, 0.3) is 0 Å². The van der Waals surface area contributed by atoms with Gasteiger partial charge in [-0.05, 0) is 32.6 Å². The normalized spacial score (nSPS) is 15.3. The van der Waals surface area contributed by atoms with Crippen LogP contribution in [0.4, 0.5) is 5.82 Å². The Bertz CT molecular complexity index is 862. The van der Waals surface area contributed by atoms with Gasteiger partial charge in [0.1, 0.15) is 11.6 Å². The highest BCUT2D eigenvalue weighted by Gasteiger charge is 2.22. The van der Waals surface area contributed by atoms with E-state index in [4.69, 9.17) is 9.97 Å². The van der Waals surface area contributed by atoms with Gasteiger partial charge in [-0.15, -0.1) is 11.3 Å². The van der Waals surface area contributed by atoms with Gasteiger partial charge in [0.2, 0.25) is 0 Å². The molecule has 0 aromatic carbocycles. The lowest BCUT2D eigenvalue weighted by atomic mass is 10.1. The lowest BCUT2D eigenvalue weighted by Gasteiger charge is -2.12. The second-order valence-corrected chi connectivity index (χ2v) is 7.75. The molecule has 0 radical (unpaired) electrons. The van der Waals surface area contributed by atoms with Crippen molar-refractivity contribution in [1.29, 1.82) is 0 Å². The van der Waals surface area contributed by atoms with E-state index in [2.05, 4.69) is 22.3 Å². The highest BCUT2D eigenvalue weighted by atomic mass is 32.1. The molecule has 0 bridgehead atoms. The first-order valence-corrected chi connectivity index (χ1v) is 9.93. The fourth-order valence-corrected chi connectivity index (χ4v) is 4.39. The first kappa shape index (κ1) is 16.4. The first-order valence-electron chi connectivity index (χ1n) is 9.05. The zero-order valence-electron chi connectivity index (χ0n) is 14.8. The number of anilines is 1. The summed E-state index contributed by atoms with van der Waals surface area (Å²) in [7, 11) is 1.95. The molecule has 1 aliphatic carbocycles. The Morgan fingerprint density at radius 3 is 2.88 bits per heavy atom. The van der Waals surface area contributed by atoms with Crippen molar-refractivity contribution in [3.63, 3.8) is 0 Å². The third kappa shape index (κ3) is 3.38. The first-order chi connectivity index (χ1) is 12.2. The van der Waals surface area contributed by atoms with Crippen LogP contribution in [0.3, 0.4) is 0 Å². The van der Waals surface area contributed by atoms with Gasteiger partial charge in [-0.2, -0.15) is 5.10 Å². The fraction of sp³-hybridized carbons (Fsp3) is 0.556. The topological polar surface area (TPSA) is 68.5 Å². The SMILES string of the molecule is Cc1ncsc1CCCNc1nc(C2CCCC2)nc2c1cnn2C. The van der Waals surface area contributed by atoms with Gasteiger partial charge in [0.15, 0.2) is 5.65 Å². The molecule has 0 aliphatic heterocycles. The van der Waals surface area contributed by atoms with Crippen LogP contribution in [0.5, 0.6) is 0 Å². The molecule has 1 aliphatic rings. The number of aryl methyl sites for hydroxylation is 3. The summed E-state index contributed by atoms with van der Waals surface area (Å²) >= 11 is 1.74. The molecule has 3 heterocycles. The van der Waals surface area contributed by atoms with Crippen LogP contribution in [0.15, 0.2) is 11.7 Å². The molecule has 25 heavy (non-hydrogen) atoms. The van der Waals surface area contributed by atoms with E-state index in [0.29, 0.717) is 5.92 Å². The maximum Gasteiger partial charge on any atom is 0.163 e. The summed E-state index contributed by atoms with van der Waals surface area (Å²) in [5, 5.41) is 8.91. The number of aromatic nitrogens is 5. The standard InChI is InChI=1S/C18H24N6S/c1-12-15(25-11-20-12)8-5-9-19-17-14-10-21-24(2)18(14)23-16(22-17)13-6-3-4-7-13/h10-11,13H,3-9H2,1-2H3,(H,19,22,23). The van der Waals surface area contributed by atoms with E-state index in [1.807, 2.05) is 23.4 Å².